The van der Waals surface area contributed by atoms with Gasteiger partial charge < -0.3 is 4.90 Å². The molecule has 1 aliphatic rings. The molecule has 2 aromatic rings. The molecule has 0 fully saturated rings. The second-order valence-corrected chi connectivity index (χ2v) is 8.05. The Bertz CT molecular complexity index is 951. The van der Waals surface area contributed by atoms with E-state index in [0.29, 0.717) is 5.71 Å². The maximum absolute atomic E-state index is 8.45. The summed E-state index contributed by atoms with van der Waals surface area (Å²) in [6.07, 6.45) is 8.35. The highest BCUT2D eigenvalue weighted by Gasteiger charge is 2.18. The van der Waals surface area contributed by atoms with Crippen molar-refractivity contribution in [2.24, 2.45) is 4.99 Å². The first-order valence-corrected chi connectivity index (χ1v) is 10.9. The minimum absolute atomic E-state index is 0.493. The zero-order valence-corrected chi connectivity index (χ0v) is 18.7. The Balaban J connectivity index is 1.87. The summed E-state index contributed by atoms with van der Waals surface area (Å²) in [5.41, 5.74) is 6.91. The zero-order valence-electron chi connectivity index (χ0n) is 17.6. The standard InChI is InChI=1S/C25H30N3P/c1-4-6-18-8-12-20(13-9-18)27-23-17-24(22(26)16-25(23)29)28(3)21-14-10-19(7-5-2)11-15-21/h8-17,26H,4-7,29H2,1-3H3/b26-22?,27-23-. The second kappa shape index (κ2) is 9.80. The number of hydrogen-bond donors (Lipinski definition) is 1. The minimum atomic E-state index is 0.493. The van der Waals surface area contributed by atoms with E-state index in [4.69, 9.17) is 10.4 Å². The summed E-state index contributed by atoms with van der Waals surface area (Å²) in [5, 5.41) is 9.39. The van der Waals surface area contributed by atoms with Gasteiger partial charge in [0.05, 0.1) is 22.8 Å². The third-order valence-electron chi connectivity index (χ3n) is 5.09. The van der Waals surface area contributed by atoms with Crippen LogP contribution < -0.4 is 4.90 Å². The van der Waals surface area contributed by atoms with Gasteiger partial charge in [-0.1, -0.05) is 51.0 Å². The Hall–Kier alpha value is -2.51. The molecule has 29 heavy (non-hydrogen) atoms. The number of aryl methyl sites for hydroxylation is 2. The normalized spacial score (nSPS) is 15.3. The summed E-state index contributed by atoms with van der Waals surface area (Å²) in [6.45, 7) is 4.38. The van der Waals surface area contributed by atoms with Crippen molar-refractivity contribution in [2.75, 3.05) is 11.9 Å². The molecule has 0 bridgehead atoms. The first-order chi connectivity index (χ1) is 14.0. The fraction of sp³-hybridized carbons (Fsp3) is 0.280. The van der Waals surface area contributed by atoms with Gasteiger partial charge in [0.2, 0.25) is 0 Å². The maximum atomic E-state index is 8.45. The van der Waals surface area contributed by atoms with Crippen LogP contribution in [-0.4, -0.2) is 18.5 Å². The van der Waals surface area contributed by atoms with Crippen molar-refractivity contribution in [3.05, 3.63) is 82.8 Å². The summed E-state index contributed by atoms with van der Waals surface area (Å²) in [7, 11) is 4.72. The van der Waals surface area contributed by atoms with Gasteiger partial charge in [0.15, 0.2) is 0 Å². The molecule has 1 atom stereocenters. The third-order valence-corrected chi connectivity index (χ3v) is 5.56. The summed E-state index contributed by atoms with van der Waals surface area (Å²) < 4.78 is 0. The molecule has 0 heterocycles. The lowest BCUT2D eigenvalue weighted by atomic mass is 10.1. The Morgan fingerprint density at radius 2 is 1.41 bits per heavy atom. The van der Waals surface area contributed by atoms with Crippen molar-refractivity contribution in [3.63, 3.8) is 0 Å². The van der Waals surface area contributed by atoms with Crippen LogP contribution in [0.3, 0.4) is 0 Å². The van der Waals surface area contributed by atoms with Crippen molar-refractivity contribution >= 4 is 32.0 Å². The highest BCUT2D eigenvalue weighted by molar-refractivity contribution is 7.25. The SMILES string of the molecule is CCCc1ccc(/N=C2/C=C(N(C)c3ccc(CCC)cc3)C(=N)C=C2P)cc1. The first-order valence-electron chi connectivity index (χ1n) is 10.3. The summed E-state index contributed by atoms with van der Waals surface area (Å²) >= 11 is 0. The van der Waals surface area contributed by atoms with E-state index in [1.54, 1.807) is 0 Å². The van der Waals surface area contributed by atoms with Gasteiger partial charge in [-0.3, -0.25) is 5.41 Å². The number of benzene rings is 2. The molecule has 2 aromatic carbocycles. The lowest BCUT2D eigenvalue weighted by Gasteiger charge is -2.25. The summed E-state index contributed by atoms with van der Waals surface area (Å²) in [6, 6.07) is 17.0. The number of nitrogens with zero attached hydrogens (tertiary/aromatic N) is 2. The van der Waals surface area contributed by atoms with Crippen molar-refractivity contribution in [2.45, 2.75) is 39.5 Å². The fourth-order valence-electron chi connectivity index (χ4n) is 3.45. The second-order valence-electron chi connectivity index (χ2n) is 7.43. The topological polar surface area (TPSA) is 39.5 Å². The minimum Gasteiger partial charge on any atom is -0.343 e. The highest BCUT2D eigenvalue weighted by atomic mass is 31.0. The number of nitrogens with one attached hydrogen (secondary N) is 1. The molecule has 0 radical (unpaired) electrons. The average molecular weight is 404 g/mol. The predicted octanol–water partition coefficient (Wildman–Crippen LogP) is 6.48. The third kappa shape index (κ3) is 5.31. The van der Waals surface area contributed by atoms with Crippen LogP contribution in [0.15, 0.2) is 76.7 Å². The quantitative estimate of drug-likeness (QED) is 0.417. The summed E-state index contributed by atoms with van der Waals surface area (Å²) in [4.78, 5) is 6.89. The van der Waals surface area contributed by atoms with Crippen molar-refractivity contribution in [3.8, 4) is 0 Å². The number of anilines is 1. The molecule has 0 saturated heterocycles. The van der Waals surface area contributed by atoms with E-state index in [2.05, 4.69) is 76.5 Å². The van der Waals surface area contributed by atoms with Crippen molar-refractivity contribution in [1.82, 2.24) is 0 Å². The van der Waals surface area contributed by atoms with Crippen LogP contribution in [0.1, 0.15) is 37.8 Å². The lowest BCUT2D eigenvalue weighted by molar-refractivity contribution is 0.921. The van der Waals surface area contributed by atoms with Gasteiger partial charge in [0.1, 0.15) is 0 Å². The maximum Gasteiger partial charge on any atom is 0.0784 e. The van der Waals surface area contributed by atoms with Crippen LogP contribution in [0.5, 0.6) is 0 Å². The number of hydrogen-bond acceptors (Lipinski definition) is 3. The zero-order chi connectivity index (χ0) is 20.8. The van der Waals surface area contributed by atoms with Crippen LogP contribution in [-0.2, 0) is 12.8 Å². The van der Waals surface area contributed by atoms with Crippen LogP contribution in [0.2, 0.25) is 0 Å². The number of rotatable bonds is 7. The van der Waals surface area contributed by atoms with E-state index < -0.39 is 0 Å². The van der Waals surface area contributed by atoms with Gasteiger partial charge in [0, 0.05) is 12.7 Å². The van der Waals surface area contributed by atoms with Crippen LogP contribution in [0, 0.1) is 5.41 Å². The number of allylic oxidation sites excluding steroid dienone is 3. The van der Waals surface area contributed by atoms with E-state index in [1.807, 2.05) is 19.2 Å². The van der Waals surface area contributed by atoms with Gasteiger partial charge in [-0.15, -0.1) is 9.24 Å². The Morgan fingerprint density at radius 3 is 1.97 bits per heavy atom. The largest absolute Gasteiger partial charge is 0.343 e. The van der Waals surface area contributed by atoms with Crippen molar-refractivity contribution < 1.29 is 0 Å². The fourth-order valence-corrected chi connectivity index (χ4v) is 3.76. The van der Waals surface area contributed by atoms with E-state index >= 15 is 0 Å². The van der Waals surface area contributed by atoms with E-state index in [0.717, 1.165) is 53.8 Å². The Morgan fingerprint density at radius 1 is 0.862 bits per heavy atom. The highest BCUT2D eigenvalue weighted by Crippen LogP contribution is 2.27. The van der Waals surface area contributed by atoms with E-state index in [-0.39, 0.29) is 0 Å². The van der Waals surface area contributed by atoms with Gasteiger partial charge in [0.25, 0.3) is 0 Å². The average Bonchev–Trinajstić information content (AvgIpc) is 2.72. The molecule has 1 aliphatic carbocycles. The van der Waals surface area contributed by atoms with Crippen LogP contribution in [0.4, 0.5) is 11.4 Å². The molecule has 3 nitrogen and oxygen atoms in total. The smallest absolute Gasteiger partial charge is 0.0784 e. The van der Waals surface area contributed by atoms with Gasteiger partial charge >= 0.3 is 0 Å². The molecular formula is C25H30N3P. The number of aliphatic imine (C=N–C) groups is 1. The molecule has 0 aliphatic heterocycles. The molecule has 4 heteroatoms. The van der Waals surface area contributed by atoms with Gasteiger partial charge in [-0.05, 0) is 65.7 Å². The van der Waals surface area contributed by atoms with Gasteiger partial charge in [-0.25, -0.2) is 4.99 Å². The molecule has 150 valence electrons. The van der Waals surface area contributed by atoms with Crippen LogP contribution >= 0.6 is 9.24 Å². The summed E-state index contributed by atoms with van der Waals surface area (Å²) in [5.74, 6) is 0. The van der Waals surface area contributed by atoms with Gasteiger partial charge in [-0.2, -0.15) is 0 Å². The van der Waals surface area contributed by atoms with Crippen molar-refractivity contribution in [1.29, 1.82) is 5.41 Å². The molecular weight excluding hydrogens is 373 g/mol. The Kier molecular flexibility index (Phi) is 7.17. The molecule has 1 unspecified atom stereocenters. The molecule has 1 N–H and O–H groups in total. The lowest BCUT2D eigenvalue weighted by Crippen LogP contribution is -2.25. The van der Waals surface area contributed by atoms with E-state index in [9.17, 15) is 0 Å². The van der Waals surface area contributed by atoms with Crippen LogP contribution in [0.25, 0.3) is 0 Å². The molecule has 0 aromatic heterocycles. The molecule has 0 saturated carbocycles. The molecule has 3 rings (SSSR count). The predicted molar refractivity (Wildman–Crippen MR) is 130 cm³/mol. The first kappa shape index (κ1) is 21.2. The van der Waals surface area contributed by atoms with E-state index in [1.165, 1.54) is 11.1 Å². The Labute approximate surface area is 177 Å². The molecule has 0 amide bonds. The monoisotopic (exact) mass is 403 g/mol. The molecule has 0 spiro atoms.